The fourth-order valence-corrected chi connectivity index (χ4v) is 15.7. The second-order valence-electron chi connectivity index (χ2n) is 14.8. The summed E-state index contributed by atoms with van der Waals surface area (Å²) in [6.07, 6.45) is 0. The fourth-order valence-electron chi connectivity index (χ4n) is 9.06. The topological polar surface area (TPSA) is 14.1 Å². The van der Waals surface area contributed by atoms with Gasteiger partial charge in [-0.25, -0.2) is 0 Å². The van der Waals surface area contributed by atoms with Crippen molar-refractivity contribution in [2.24, 2.45) is 0 Å². The second kappa shape index (κ2) is 12.7. The zero-order valence-electron chi connectivity index (χ0n) is 30.3. The Hall–Kier alpha value is -3.55. The van der Waals surface area contributed by atoms with E-state index in [0.717, 1.165) is 11.0 Å². The zero-order chi connectivity index (χ0) is 36.2. The number of benzene rings is 8. The minimum atomic E-state index is 0. The molecule has 0 aliphatic heterocycles. The minimum absolute atomic E-state index is 0. The maximum atomic E-state index is 5.33. The molecule has 14 rings (SSSR count). The summed E-state index contributed by atoms with van der Waals surface area (Å²) >= 11 is 9.57. The largest absolute Gasteiger partial charge is 1.00 e. The van der Waals surface area contributed by atoms with E-state index in [1.54, 1.807) is 0 Å². The standard InChI is InChI=1S/C50H24NS5.Cs/c1-3-7-40-35(5-1)47-49(52-40)37-15-11-26(23-43(37)55-47)25-9-13-29-31-17-20-34-32(45(31)51-39(29)21-25)18-19-33-30-14-10-27(22-42(30)54-46(33)34)28-12-16-38-44(24-28)56-48-36-6-2-4-8-41(36)53-50(38)48;/h1-24H;/q-1;+1. The van der Waals surface area contributed by atoms with E-state index in [-0.39, 0.29) is 68.9 Å². The van der Waals surface area contributed by atoms with E-state index in [9.17, 15) is 0 Å². The Labute approximate surface area is 404 Å². The first-order valence-electron chi connectivity index (χ1n) is 18.7. The van der Waals surface area contributed by atoms with Crippen molar-refractivity contribution in [3.05, 3.63) is 146 Å². The van der Waals surface area contributed by atoms with Crippen molar-refractivity contribution in [2.75, 3.05) is 0 Å². The number of hydrogen-bond acceptors (Lipinski definition) is 5. The Morgan fingerprint density at radius 2 is 0.649 bits per heavy atom. The molecule has 1 nitrogen and oxygen atoms in total. The van der Waals surface area contributed by atoms with Gasteiger partial charge < -0.3 is 4.98 Å². The first kappa shape index (κ1) is 34.3. The van der Waals surface area contributed by atoms with Gasteiger partial charge in [0.1, 0.15) is 0 Å². The fraction of sp³-hybridized carbons (Fsp3) is 0. The van der Waals surface area contributed by atoms with Crippen LogP contribution in [0.15, 0.2) is 146 Å². The normalized spacial score (nSPS) is 12.4. The monoisotopic (exact) mass is 931 g/mol. The molecule has 0 aliphatic carbocycles. The molecule has 0 saturated carbocycles. The third-order valence-corrected chi connectivity index (χ3v) is 18.0. The Balaban J connectivity index is 0.00000340. The molecular weight excluding hydrogens is 908 g/mol. The van der Waals surface area contributed by atoms with Crippen molar-refractivity contribution in [3.8, 4) is 22.3 Å². The number of fused-ring (bicyclic) bond motifs is 19. The molecule has 0 amide bonds. The third-order valence-electron chi connectivity index (χ3n) is 11.8. The first-order valence-corrected chi connectivity index (χ1v) is 22.7. The van der Waals surface area contributed by atoms with Gasteiger partial charge in [-0.05, 0) is 74.1 Å². The summed E-state index contributed by atoms with van der Waals surface area (Å²) in [7, 11) is 0. The van der Waals surface area contributed by atoms with Gasteiger partial charge in [-0.2, -0.15) is 0 Å². The van der Waals surface area contributed by atoms with Crippen LogP contribution in [0.1, 0.15) is 0 Å². The molecule has 0 fully saturated rings. The van der Waals surface area contributed by atoms with Gasteiger partial charge in [-0.1, -0.05) is 115 Å². The predicted molar refractivity (Wildman–Crippen MR) is 253 cm³/mol. The van der Waals surface area contributed by atoms with Crippen LogP contribution in [0.2, 0.25) is 0 Å². The molecule has 6 heterocycles. The van der Waals surface area contributed by atoms with Crippen LogP contribution in [-0.2, 0) is 0 Å². The van der Waals surface area contributed by atoms with Crippen molar-refractivity contribution in [2.45, 2.75) is 0 Å². The molecule has 57 heavy (non-hydrogen) atoms. The summed E-state index contributed by atoms with van der Waals surface area (Å²) in [4.78, 5) is 5.33. The number of hydrogen-bond donors (Lipinski definition) is 0. The maximum Gasteiger partial charge on any atom is 1.00 e. The van der Waals surface area contributed by atoms with Crippen molar-refractivity contribution < 1.29 is 68.9 Å². The van der Waals surface area contributed by atoms with Gasteiger partial charge in [0.15, 0.2) is 0 Å². The van der Waals surface area contributed by atoms with E-state index < -0.39 is 0 Å². The molecule has 0 radical (unpaired) electrons. The van der Waals surface area contributed by atoms with Gasteiger partial charge in [0, 0.05) is 60.5 Å². The number of aromatic nitrogens is 1. The Morgan fingerprint density at radius 1 is 0.281 bits per heavy atom. The maximum absolute atomic E-state index is 5.33. The van der Waals surface area contributed by atoms with Crippen molar-refractivity contribution in [3.63, 3.8) is 0 Å². The van der Waals surface area contributed by atoms with E-state index in [0.29, 0.717) is 0 Å². The molecule has 0 spiro atoms. The molecule has 0 unspecified atom stereocenters. The molecule has 260 valence electrons. The Morgan fingerprint density at radius 3 is 1.23 bits per heavy atom. The number of thiophene rings is 5. The van der Waals surface area contributed by atoms with Crippen molar-refractivity contribution >= 4 is 169 Å². The van der Waals surface area contributed by atoms with E-state index in [1.807, 2.05) is 56.7 Å². The van der Waals surface area contributed by atoms with Crippen LogP contribution in [0, 0.1) is 0 Å². The van der Waals surface area contributed by atoms with Gasteiger partial charge >= 0.3 is 68.9 Å². The number of rotatable bonds is 2. The van der Waals surface area contributed by atoms with Gasteiger partial charge in [0.25, 0.3) is 0 Å². The SMILES string of the molecule is [Cs+].c1ccc2c(c1)sc1c3ccc(-c4ccc5c(c4)[n-]c4c5ccc5c4ccc4c6ccc(-c7ccc8c(c7)sc7c9ccccc9sc87)cc6sc45)cc3sc21. The van der Waals surface area contributed by atoms with Crippen LogP contribution < -0.4 is 73.9 Å². The Kier molecular flexibility index (Phi) is 7.66. The van der Waals surface area contributed by atoms with Crippen LogP contribution in [0.25, 0.3) is 134 Å². The molecule has 6 aromatic heterocycles. The van der Waals surface area contributed by atoms with Gasteiger partial charge in [0.05, 0.1) is 18.8 Å². The summed E-state index contributed by atoms with van der Waals surface area (Å²) in [5.41, 5.74) is 7.14. The van der Waals surface area contributed by atoms with E-state index in [2.05, 4.69) is 146 Å². The van der Waals surface area contributed by atoms with Crippen LogP contribution in [0.4, 0.5) is 0 Å². The molecular formula is C50H24CsNS5. The smallest absolute Gasteiger partial charge is 0.656 e. The van der Waals surface area contributed by atoms with Gasteiger partial charge in [-0.3, -0.25) is 0 Å². The summed E-state index contributed by atoms with van der Waals surface area (Å²) in [5.74, 6) is 0. The van der Waals surface area contributed by atoms with Crippen molar-refractivity contribution in [1.29, 1.82) is 0 Å². The van der Waals surface area contributed by atoms with E-state index in [4.69, 9.17) is 4.98 Å². The molecule has 0 N–H and O–H groups in total. The summed E-state index contributed by atoms with van der Waals surface area (Å²) in [5, 5.41) is 13.1. The molecule has 0 bridgehead atoms. The molecule has 8 aromatic carbocycles. The molecule has 0 aliphatic rings. The summed E-state index contributed by atoms with van der Waals surface area (Å²) < 4.78 is 13.7. The summed E-state index contributed by atoms with van der Waals surface area (Å²) in [6, 6.07) is 54.7. The van der Waals surface area contributed by atoms with Gasteiger partial charge in [-0.15, -0.1) is 67.7 Å². The predicted octanol–water partition coefficient (Wildman–Crippen LogP) is 14.0. The summed E-state index contributed by atoms with van der Waals surface area (Å²) in [6.45, 7) is 0. The average Bonchev–Trinajstić information content (AvgIpc) is 4.08. The van der Waals surface area contributed by atoms with Crippen molar-refractivity contribution in [1.82, 2.24) is 4.98 Å². The molecule has 0 saturated heterocycles. The van der Waals surface area contributed by atoms with Gasteiger partial charge in [0.2, 0.25) is 0 Å². The van der Waals surface area contributed by atoms with E-state index >= 15 is 0 Å². The number of nitrogens with zero attached hydrogens (tertiary/aromatic N) is 1. The molecule has 0 atom stereocenters. The first-order chi connectivity index (χ1) is 27.7. The Bertz CT molecular complexity index is 3750. The molecule has 7 heteroatoms. The average molecular weight is 932 g/mol. The third kappa shape index (κ3) is 4.94. The van der Waals surface area contributed by atoms with Crippen LogP contribution >= 0.6 is 56.7 Å². The molecule has 14 aromatic rings. The van der Waals surface area contributed by atoms with Crippen LogP contribution in [0.5, 0.6) is 0 Å². The quantitative estimate of drug-likeness (QED) is 0.168. The van der Waals surface area contributed by atoms with E-state index in [1.165, 1.54) is 123 Å². The zero-order valence-corrected chi connectivity index (χ0v) is 40.7. The second-order valence-corrected chi connectivity index (χ2v) is 20.1. The van der Waals surface area contributed by atoms with Crippen LogP contribution in [-0.4, -0.2) is 0 Å². The van der Waals surface area contributed by atoms with Crippen LogP contribution in [0.3, 0.4) is 0 Å². The minimum Gasteiger partial charge on any atom is -0.656 e.